The maximum atomic E-state index is 12.2. The van der Waals surface area contributed by atoms with Crippen LogP contribution in [0.4, 0.5) is 0 Å². The van der Waals surface area contributed by atoms with E-state index in [0.717, 1.165) is 32.1 Å². The van der Waals surface area contributed by atoms with E-state index < -0.39 is 15.4 Å². The van der Waals surface area contributed by atoms with Crippen molar-refractivity contribution in [3.8, 4) is 11.8 Å². The van der Waals surface area contributed by atoms with Crippen LogP contribution < -0.4 is 0 Å². The van der Waals surface area contributed by atoms with E-state index in [9.17, 15) is 18.3 Å². The maximum Gasteiger partial charge on any atom is 0.175 e. The molecule has 0 spiro atoms. The molecule has 0 amide bonds. The normalized spacial score (nSPS) is 32.4. The Bertz CT molecular complexity index is 1520. The summed E-state index contributed by atoms with van der Waals surface area (Å²) in [6.07, 6.45) is 8.82. The quantitative estimate of drug-likeness (QED) is 0.504. The minimum absolute atomic E-state index is 0.190. The zero-order valence-electron chi connectivity index (χ0n) is 22.0. The molecule has 0 bridgehead atoms. The molecule has 1 N–H and O–H groups in total. The van der Waals surface area contributed by atoms with Gasteiger partial charge in [-0.3, -0.25) is 4.79 Å². The van der Waals surface area contributed by atoms with Crippen molar-refractivity contribution in [2.75, 3.05) is 6.26 Å². The van der Waals surface area contributed by atoms with Crippen LogP contribution in [0.5, 0.6) is 0 Å². The van der Waals surface area contributed by atoms with Gasteiger partial charge >= 0.3 is 0 Å². The highest BCUT2D eigenvalue weighted by atomic mass is 32.2. The molecule has 38 heavy (non-hydrogen) atoms. The first-order valence-corrected chi connectivity index (χ1v) is 15.6. The van der Waals surface area contributed by atoms with E-state index in [4.69, 9.17) is 0 Å². The fraction of sp³-hybridized carbons (Fsp3) is 0.424. The standard InChI is InChI=1S/C33H34O4S/c1-32-21-29(23-6-4-3-5-7-23)31-27-15-11-25(34)20-24(27)10-14-28(31)30(32)17-19-33(32,35)18-16-22-8-12-26(13-9-22)38(2,36)37/h3-9,12-13,20,28-30,35H,10-11,14-15,17,19,21H2,1-2H3/t28-,29+,30-,32-,33-/m0/s1. The van der Waals surface area contributed by atoms with Gasteiger partial charge in [0.1, 0.15) is 5.60 Å². The molecule has 0 aromatic heterocycles. The van der Waals surface area contributed by atoms with Gasteiger partial charge in [0.2, 0.25) is 0 Å². The van der Waals surface area contributed by atoms with E-state index in [1.807, 2.05) is 12.1 Å². The number of ketones is 1. The van der Waals surface area contributed by atoms with Gasteiger partial charge in [-0.15, -0.1) is 0 Å². The van der Waals surface area contributed by atoms with E-state index in [0.29, 0.717) is 30.2 Å². The second kappa shape index (κ2) is 9.07. The molecule has 0 aliphatic heterocycles. The lowest BCUT2D eigenvalue weighted by atomic mass is 9.51. The number of fused-ring (bicyclic) bond motifs is 4. The van der Waals surface area contributed by atoms with E-state index in [1.54, 1.807) is 24.3 Å². The highest BCUT2D eigenvalue weighted by Gasteiger charge is 2.62. The maximum absolute atomic E-state index is 12.2. The molecular weight excluding hydrogens is 492 g/mol. The fourth-order valence-electron chi connectivity index (χ4n) is 7.82. The molecule has 6 rings (SSSR count). The minimum Gasteiger partial charge on any atom is -0.377 e. The Morgan fingerprint density at radius 3 is 2.42 bits per heavy atom. The molecule has 5 heteroatoms. The largest absolute Gasteiger partial charge is 0.377 e. The number of sulfone groups is 1. The molecule has 2 aromatic carbocycles. The van der Waals surface area contributed by atoms with Crippen LogP contribution in [0.15, 0.2) is 82.3 Å². The van der Waals surface area contributed by atoms with Crippen molar-refractivity contribution in [2.24, 2.45) is 17.3 Å². The van der Waals surface area contributed by atoms with Gasteiger partial charge in [0.25, 0.3) is 0 Å². The number of rotatable bonds is 2. The summed E-state index contributed by atoms with van der Waals surface area (Å²) in [5.74, 6) is 7.62. The van der Waals surface area contributed by atoms with Gasteiger partial charge in [-0.1, -0.05) is 54.7 Å². The minimum atomic E-state index is -3.27. The zero-order valence-corrected chi connectivity index (χ0v) is 22.9. The number of carbonyl (C=O) groups excluding carboxylic acids is 1. The number of benzene rings is 2. The Kier molecular flexibility index (Phi) is 6.05. The third kappa shape index (κ3) is 4.10. The van der Waals surface area contributed by atoms with E-state index in [2.05, 4.69) is 43.0 Å². The Labute approximate surface area is 225 Å². The van der Waals surface area contributed by atoms with Crippen molar-refractivity contribution >= 4 is 15.6 Å². The topological polar surface area (TPSA) is 71.4 Å². The predicted octanol–water partition coefficient (Wildman–Crippen LogP) is 5.77. The lowest BCUT2D eigenvalue weighted by molar-refractivity contribution is -0.114. The third-order valence-electron chi connectivity index (χ3n) is 9.78. The average molecular weight is 527 g/mol. The van der Waals surface area contributed by atoms with Crippen molar-refractivity contribution in [2.45, 2.75) is 68.3 Å². The average Bonchev–Trinajstić information content (AvgIpc) is 3.17. The first-order chi connectivity index (χ1) is 18.1. The van der Waals surface area contributed by atoms with Crippen LogP contribution in [-0.2, 0) is 14.6 Å². The Morgan fingerprint density at radius 1 is 0.974 bits per heavy atom. The first-order valence-electron chi connectivity index (χ1n) is 13.7. The summed E-state index contributed by atoms with van der Waals surface area (Å²) < 4.78 is 23.7. The fourth-order valence-corrected chi connectivity index (χ4v) is 8.45. The van der Waals surface area contributed by atoms with Crippen molar-refractivity contribution < 1.29 is 18.3 Å². The molecule has 2 saturated carbocycles. The van der Waals surface area contributed by atoms with Gasteiger partial charge < -0.3 is 5.11 Å². The molecule has 5 atom stereocenters. The van der Waals surface area contributed by atoms with Gasteiger partial charge in [0.05, 0.1) is 4.90 Å². The summed E-state index contributed by atoms with van der Waals surface area (Å²) in [7, 11) is -3.27. The smallest absolute Gasteiger partial charge is 0.175 e. The molecule has 2 fully saturated rings. The zero-order chi connectivity index (χ0) is 26.7. The first kappa shape index (κ1) is 25.3. The second-order valence-corrected chi connectivity index (χ2v) is 13.9. The van der Waals surface area contributed by atoms with Crippen LogP contribution >= 0.6 is 0 Å². The summed E-state index contributed by atoms with van der Waals surface area (Å²) >= 11 is 0. The molecule has 2 aromatic rings. The SMILES string of the molecule is C[C@]12C[C@H](c3ccccc3)C3=C4CCC(=O)C=C4CC[C@H]3[C@@H]1CC[C@@]2(O)C#Cc1ccc(S(C)(=O)=O)cc1. The summed E-state index contributed by atoms with van der Waals surface area (Å²) in [4.78, 5) is 12.5. The highest BCUT2D eigenvalue weighted by molar-refractivity contribution is 7.90. The second-order valence-electron chi connectivity index (χ2n) is 11.9. The van der Waals surface area contributed by atoms with Crippen LogP contribution in [0.1, 0.15) is 68.9 Å². The third-order valence-corrected chi connectivity index (χ3v) is 10.9. The number of allylic oxidation sites excluding steroid dienone is 4. The molecule has 196 valence electrons. The van der Waals surface area contributed by atoms with Gasteiger partial charge in [0.15, 0.2) is 15.6 Å². The van der Waals surface area contributed by atoms with Crippen molar-refractivity contribution in [3.05, 3.63) is 88.5 Å². The van der Waals surface area contributed by atoms with Gasteiger partial charge in [-0.25, -0.2) is 8.42 Å². The Balaban J connectivity index is 1.41. The molecule has 4 aliphatic rings. The summed E-state index contributed by atoms with van der Waals surface area (Å²) in [6.45, 7) is 2.24. The van der Waals surface area contributed by atoms with E-state index >= 15 is 0 Å². The Hall–Kier alpha value is -2.94. The number of hydrogen-bond acceptors (Lipinski definition) is 4. The molecule has 0 heterocycles. The van der Waals surface area contributed by atoms with E-state index in [-0.39, 0.29) is 22.0 Å². The number of hydrogen-bond donors (Lipinski definition) is 1. The van der Waals surface area contributed by atoms with Gasteiger partial charge in [0, 0.05) is 29.6 Å². The van der Waals surface area contributed by atoms with Crippen molar-refractivity contribution in [1.82, 2.24) is 0 Å². The monoisotopic (exact) mass is 526 g/mol. The number of aliphatic hydroxyl groups is 1. The number of carbonyl (C=O) groups is 1. The van der Waals surface area contributed by atoms with Crippen LogP contribution in [0.25, 0.3) is 0 Å². The summed E-state index contributed by atoms with van der Waals surface area (Å²) in [5, 5.41) is 12.2. The molecule has 0 saturated heterocycles. The van der Waals surface area contributed by atoms with Crippen LogP contribution in [0, 0.1) is 29.1 Å². The molecular formula is C33H34O4S. The van der Waals surface area contributed by atoms with Crippen molar-refractivity contribution in [1.29, 1.82) is 0 Å². The Morgan fingerprint density at radius 2 is 1.71 bits per heavy atom. The van der Waals surface area contributed by atoms with Crippen molar-refractivity contribution in [3.63, 3.8) is 0 Å². The van der Waals surface area contributed by atoms with Gasteiger partial charge in [-0.05, 0) is 97.4 Å². The van der Waals surface area contributed by atoms with E-state index in [1.165, 1.54) is 28.5 Å². The summed E-state index contributed by atoms with van der Waals surface area (Å²) in [6, 6.07) is 17.2. The van der Waals surface area contributed by atoms with Crippen LogP contribution in [0.3, 0.4) is 0 Å². The summed E-state index contributed by atoms with van der Waals surface area (Å²) in [5.41, 5.74) is 4.62. The lowest BCUT2D eigenvalue weighted by Crippen LogP contribution is -2.51. The van der Waals surface area contributed by atoms with Crippen LogP contribution in [-0.4, -0.2) is 31.2 Å². The van der Waals surface area contributed by atoms with Crippen LogP contribution in [0.2, 0.25) is 0 Å². The molecule has 0 radical (unpaired) electrons. The highest BCUT2D eigenvalue weighted by Crippen LogP contribution is 2.66. The molecule has 4 aliphatic carbocycles. The predicted molar refractivity (Wildman–Crippen MR) is 148 cm³/mol. The lowest BCUT2D eigenvalue weighted by Gasteiger charge is -2.53. The molecule has 4 nitrogen and oxygen atoms in total. The molecule has 0 unspecified atom stereocenters. The van der Waals surface area contributed by atoms with Gasteiger partial charge in [-0.2, -0.15) is 0 Å².